The smallest absolute Gasteiger partial charge is 0.194 e. The van der Waals surface area contributed by atoms with Crippen molar-refractivity contribution >= 4 is 5.96 Å². The minimum atomic E-state index is 0.411. The lowest BCUT2D eigenvalue weighted by atomic mass is 9.98. The molecule has 2 heterocycles. The number of rotatable bonds is 7. The highest BCUT2D eigenvalue weighted by molar-refractivity contribution is 5.80. The molecule has 0 aromatic heterocycles. The fraction of sp³-hybridized carbons (Fsp3) is 0.708. The van der Waals surface area contributed by atoms with E-state index in [0.717, 1.165) is 64.0 Å². The van der Waals surface area contributed by atoms with Crippen molar-refractivity contribution in [3.05, 3.63) is 35.4 Å². The predicted molar refractivity (Wildman–Crippen MR) is 121 cm³/mol. The molecule has 0 aliphatic carbocycles. The second-order valence-electron chi connectivity index (χ2n) is 8.59. The van der Waals surface area contributed by atoms with E-state index in [1.165, 1.54) is 37.1 Å². The van der Waals surface area contributed by atoms with E-state index in [-0.39, 0.29) is 0 Å². The molecule has 1 aromatic rings. The largest absolute Gasteiger partial charge is 0.378 e. The first-order chi connectivity index (χ1) is 14.2. The van der Waals surface area contributed by atoms with Gasteiger partial charge in [0.25, 0.3) is 0 Å². The van der Waals surface area contributed by atoms with Gasteiger partial charge < -0.3 is 15.0 Å². The van der Waals surface area contributed by atoms with Crippen LogP contribution in [0.15, 0.2) is 29.3 Å². The maximum Gasteiger partial charge on any atom is 0.194 e. The normalized spacial score (nSPS) is 20.2. The van der Waals surface area contributed by atoms with E-state index in [1.54, 1.807) is 0 Å². The van der Waals surface area contributed by atoms with Crippen LogP contribution < -0.4 is 5.32 Å². The number of nitrogens with zero attached hydrogens (tertiary/aromatic N) is 3. The van der Waals surface area contributed by atoms with Gasteiger partial charge in [-0.05, 0) is 69.7 Å². The van der Waals surface area contributed by atoms with Crippen LogP contribution in [0.25, 0.3) is 0 Å². The first-order valence-corrected chi connectivity index (χ1v) is 11.6. The van der Waals surface area contributed by atoms with Gasteiger partial charge in [0.1, 0.15) is 0 Å². The van der Waals surface area contributed by atoms with E-state index in [0.29, 0.717) is 6.10 Å². The highest BCUT2D eigenvalue weighted by Gasteiger charge is 2.21. The van der Waals surface area contributed by atoms with Gasteiger partial charge in [0.05, 0.1) is 12.6 Å². The molecule has 0 amide bonds. The Bertz CT molecular complexity index is 632. The second-order valence-corrected chi connectivity index (χ2v) is 8.59. The van der Waals surface area contributed by atoms with Crippen LogP contribution in [-0.4, -0.2) is 61.2 Å². The SMILES string of the molecule is CCNC(=NCc1cccc(CN2CCC(C)CC2)c1)N1CCC(OCC)CC1. The van der Waals surface area contributed by atoms with Crippen LogP contribution in [-0.2, 0) is 17.8 Å². The molecule has 0 unspecified atom stereocenters. The Morgan fingerprint density at radius 3 is 2.48 bits per heavy atom. The number of hydrogen-bond acceptors (Lipinski definition) is 3. The summed E-state index contributed by atoms with van der Waals surface area (Å²) in [5.74, 6) is 1.92. The molecule has 3 rings (SSSR count). The molecule has 0 radical (unpaired) electrons. The maximum absolute atomic E-state index is 5.79. The number of ether oxygens (including phenoxy) is 1. The van der Waals surface area contributed by atoms with E-state index in [9.17, 15) is 0 Å². The Balaban J connectivity index is 1.56. The number of likely N-dealkylation sites (tertiary alicyclic amines) is 2. The lowest BCUT2D eigenvalue weighted by molar-refractivity contribution is 0.0263. The minimum absolute atomic E-state index is 0.411. The monoisotopic (exact) mass is 400 g/mol. The van der Waals surface area contributed by atoms with E-state index >= 15 is 0 Å². The van der Waals surface area contributed by atoms with Crippen LogP contribution in [0.2, 0.25) is 0 Å². The number of aliphatic imine (C=N–C) groups is 1. The van der Waals surface area contributed by atoms with Crippen molar-refractivity contribution in [1.29, 1.82) is 0 Å². The van der Waals surface area contributed by atoms with Gasteiger partial charge in [-0.25, -0.2) is 4.99 Å². The van der Waals surface area contributed by atoms with Crippen molar-refractivity contribution in [3.8, 4) is 0 Å². The average Bonchev–Trinajstić information content (AvgIpc) is 2.74. The summed E-state index contributed by atoms with van der Waals surface area (Å²) in [6.45, 7) is 14.6. The van der Waals surface area contributed by atoms with Gasteiger partial charge in [0.15, 0.2) is 5.96 Å². The van der Waals surface area contributed by atoms with Crippen molar-refractivity contribution in [2.24, 2.45) is 10.9 Å². The molecule has 162 valence electrons. The average molecular weight is 401 g/mol. The summed E-state index contributed by atoms with van der Waals surface area (Å²) in [7, 11) is 0. The third-order valence-corrected chi connectivity index (χ3v) is 6.16. The number of guanidine groups is 1. The zero-order valence-corrected chi connectivity index (χ0v) is 18.7. The molecular weight excluding hydrogens is 360 g/mol. The van der Waals surface area contributed by atoms with Crippen molar-refractivity contribution in [3.63, 3.8) is 0 Å². The van der Waals surface area contributed by atoms with E-state index < -0.39 is 0 Å². The Labute approximate surface area is 177 Å². The molecule has 2 saturated heterocycles. The van der Waals surface area contributed by atoms with Gasteiger partial charge in [-0.15, -0.1) is 0 Å². The molecule has 1 aromatic carbocycles. The topological polar surface area (TPSA) is 40.1 Å². The highest BCUT2D eigenvalue weighted by Crippen LogP contribution is 2.19. The van der Waals surface area contributed by atoms with Crippen LogP contribution in [0.1, 0.15) is 57.6 Å². The van der Waals surface area contributed by atoms with E-state index in [2.05, 4.69) is 60.2 Å². The molecule has 2 aliphatic rings. The molecule has 0 spiro atoms. The number of piperidine rings is 2. The Morgan fingerprint density at radius 1 is 1.07 bits per heavy atom. The first-order valence-electron chi connectivity index (χ1n) is 11.6. The van der Waals surface area contributed by atoms with E-state index in [1.807, 2.05) is 0 Å². The molecular formula is C24H40N4O. The highest BCUT2D eigenvalue weighted by atomic mass is 16.5. The van der Waals surface area contributed by atoms with Gasteiger partial charge in [-0.3, -0.25) is 4.90 Å². The predicted octanol–water partition coefficient (Wildman–Crippen LogP) is 3.88. The summed E-state index contributed by atoms with van der Waals surface area (Å²) in [4.78, 5) is 9.93. The van der Waals surface area contributed by atoms with Gasteiger partial charge >= 0.3 is 0 Å². The van der Waals surface area contributed by atoms with Crippen LogP contribution in [0.3, 0.4) is 0 Å². The molecule has 0 atom stereocenters. The zero-order chi connectivity index (χ0) is 20.5. The Kier molecular flexibility index (Phi) is 8.81. The summed E-state index contributed by atoms with van der Waals surface area (Å²) < 4.78 is 5.79. The standard InChI is InChI=1S/C24H40N4O/c1-4-25-24(28-15-11-23(12-16-28)29-5-2)26-18-21-7-6-8-22(17-21)19-27-13-9-20(3)10-14-27/h6-8,17,20,23H,4-5,9-16,18-19H2,1-3H3,(H,25,26). The lowest BCUT2D eigenvalue weighted by Crippen LogP contribution is -2.47. The summed E-state index contributed by atoms with van der Waals surface area (Å²) in [5, 5.41) is 3.48. The number of hydrogen-bond donors (Lipinski definition) is 1. The quantitative estimate of drug-likeness (QED) is 0.557. The molecule has 2 fully saturated rings. The van der Waals surface area contributed by atoms with Gasteiger partial charge in [-0.1, -0.05) is 31.2 Å². The molecule has 29 heavy (non-hydrogen) atoms. The second kappa shape index (κ2) is 11.6. The van der Waals surface area contributed by atoms with Crippen molar-refractivity contribution in [2.75, 3.05) is 39.3 Å². The fourth-order valence-corrected chi connectivity index (χ4v) is 4.37. The summed E-state index contributed by atoms with van der Waals surface area (Å²) in [5.41, 5.74) is 2.71. The number of benzene rings is 1. The van der Waals surface area contributed by atoms with Crippen molar-refractivity contribution in [1.82, 2.24) is 15.1 Å². The molecule has 5 nitrogen and oxygen atoms in total. The maximum atomic E-state index is 5.79. The molecule has 1 N–H and O–H groups in total. The number of nitrogens with one attached hydrogen (secondary N) is 1. The van der Waals surface area contributed by atoms with Crippen LogP contribution in [0.4, 0.5) is 0 Å². The first kappa shape index (κ1) is 22.1. The van der Waals surface area contributed by atoms with Crippen molar-refractivity contribution < 1.29 is 4.74 Å². The molecule has 0 bridgehead atoms. The molecule has 0 saturated carbocycles. The Morgan fingerprint density at radius 2 is 1.79 bits per heavy atom. The molecule has 2 aliphatic heterocycles. The van der Waals surface area contributed by atoms with Crippen LogP contribution in [0, 0.1) is 5.92 Å². The Hall–Kier alpha value is -1.59. The van der Waals surface area contributed by atoms with Crippen molar-refractivity contribution in [2.45, 2.75) is 65.6 Å². The zero-order valence-electron chi connectivity index (χ0n) is 18.7. The third-order valence-electron chi connectivity index (χ3n) is 6.16. The lowest BCUT2D eigenvalue weighted by Gasteiger charge is -2.34. The van der Waals surface area contributed by atoms with Crippen LogP contribution in [0.5, 0.6) is 0 Å². The molecule has 5 heteroatoms. The summed E-state index contributed by atoms with van der Waals surface area (Å²) in [6, 6.07) is 8.99. The van der Waals surface area contributed by atoms with Gasteiger partial charge in [0.2, 0.25) is 0 Å². The minimum Gasteiger partial charge on any atom is -0.378 e. The van der Waals surface area contributed by atoms with Gasteiger partial charge in [0, 0.05) is 32.8 Å². The fourth-order valence-electron chi connectivity index (χ4n) is 4.37. The van der Waals surface area contributed by atoms with Crippen LogP contribution >= 0.6 is 0 Å². The summed E-state index contributed by atoms with van der Waals surface area (Å²) in [6.07, 6.45) is 5.24. The van der Waals surface area contributed by atoms with Gasteiger partial charge in [-0.2, -0.15) is 0 Å². The van der Waals surface area contributed by atoms with E-state index in [4.69, 9.17) is 9.73 Å². The summed E-state index contributed by atoms with van der Waals surface area (Å²) >= 11 is 0. The third kappa shape index (κ3) is 7.00.